The van der Waals surface area contributed by atoms with E-state index in [1.54, 1.807) is 0 Å². The Labute approximate surface area is 121 Å². The molecule has 2 aromatic rings. The Morgan fingerprint density at radius 1 is 1.10 bits per heavy atom. The Morgan fingerprint density at radius 3 is 2.75 bits per heavy atom. The molecule has 0 amide bonds. The van der Waals surface area contributed by atoms with Crippen LogP contribution in [0.4, 0.5) is 0 Å². The van der Waals surface area contributed by atoms with Crippen molar-refractivity contribution >= 4 is 10.8 Å². The molecule has 0 bridgehead atoms. The second-order valence-corrected chi connectivity index (χ2v) is 6.06. The van der Waals surface area contributed by atoms with Crippen LogP contribution in [0.15, 0.2) is 36.7 Å². The first kappa shape index (κ1) is 13.6. The van der Waals surface area contributed by atoms with E-state index in [1.807, 2.05) is 12.4 Å². The third-order valence-electron chi connectivity index (χ3n) is 4.72. The van der Waals surface area contributed by atoms with Crippen LogP contribution in [0, 0.1) is 5.92 Å². The van der Waals surface area contributed by atoms with Crippen LogP contribution in [0.5, 0.6) is 0 Å². The van der Waals surface area contributed by atoms with Crippen molar-refractivity contribution in [3.63, 3.8) is 0 Å². The first-order chi connectivity index (χ1) is 9.85. The van der Waals surface area contributed by atoms with Gasteiger partial charge in [0.15, 0.2) is 0 Å². The number of rotatable bonds is 4. The maximum atomic E-state index is 4.16. The monoisotopic (exact) mass is 268 g/mol. The van der Waals surface area contributed by atoms with E-state index in [9.17, 15) is 0 Å². The van der Waals surface area contributed by atoms with Gasteiger partial charge in [0.1, 0.15) is 0 Å². The lowest BCUT2D eigenvalue weighted by Crippen LogP contribution is -2.32. The predicted octanol–water partition coefficient (Wildman–Crippen LogP) is 4.29. The van der Waals surface area contributed by atoms with Crippen LogP contribution >= 0.6 is 0 Å². The topological polar surface area (TPSA) is 24.9 Å². The molecule has 1 aromatic heterocycles. The zero-order valence-electron chi connectivity index (χ0n) is 12.3. The largest absolute Gasteiger partial charge is 0.310 e. The SMILES string of the molecule is CCC1CCC(NCc2ccc3cnccc3c2)CC1. The van der Waals surface area contributed by atoms with Crippen molar-refractivity contribution in [2.24, 2.45) is 5.92 Å². The normalized spacial score (nSPS) is 23.1. The Hall–Kier alpha value is -1.41. The number of nitrogens with one attached hydrogen (secondary N) is 1. The van der Waals surface area contributed by atoms with Crippen LogP contribution in [0.1, 0.15) is 44.6 Å². The smallest absolute Gasteiger partial charge is 0.0346 e. The van der Waals surface area contributed by atoms with Crippen molar-refractivity contribution < 1.29 is 0 Å². The molecule has 3 rings (SSSR count). The molecule has 1 aliphatic rings. The van der Waals surface area contributed by atoms with Crippen molar-refractivity contribution in [1.29, 1.82) is 0 Å². The van der Waals surface area contributed by atoms with Crippen LogP contribution in [0.2, 0.25) is 0 Å². The van der Waals surface area contributed by atoms with Gasteiger partial charge in [0.2, 0.25) is 0 Å². The van der Waals surface area contributed by atoms with Gasteiger partial charge in [0, 0.05) is 30.4 Å². The summed E-state index contributed by atoms with van der Waals surface area (Å²) in [6.07, 6.45) is 10.6. The molecule has 0 spiro atoms. The fraction of sp³-hybridized carbons (Fsp3) is 0.500. The molecule has 106 valence electrons. The molecule has 1 fully saturated rings. The molecule has 1 aliphatic carbocycles. The standard InChI is InChI=1S/C18H24N2/c1-2-14-4-7-18(8-5-14)20-12-15-3-6-17-13-19-10-9-16(17)11-15/h3,6,9-11,13-14,18,20H,2,4-5,7-8,12H2,1H3. The summed E-state index contributed by atoms with van der Waals surface area (Å²) in [6.45, 7) is 3.31. The zero-order chi connectivity index (χ0) is 13.8. The number of aromatic nitrogens is 1. The summed E-state index contributed by atoms with van der Waals surface area (Å²) in [5.74, 6) is 0.973. The van der Waals surface area contributed by atoms with E-state index >= 15 is 0 Å². The van der Waals surface area contributed by atoms with E-state index in [0.29, 0.717) is 6.04 Å². The van der Waals surface area contributed by atoms with E-state index < -0.39 is 0 Å². The lowest BCUT2D eigenvalue weighted by molar-refractivity contribution is 0.285. The highest BCUT2D eigenvalue weighted by Gasteiger charge is 2.19. The summed E-state index contributed by atoms with van der Waals surface area (Å²) in [7, 11) is 0. The lowest BCUT2D eigenvalue weighted by Gasteiger charge is -2.28. The highest BCUT2D eigenvalue weighted by Crippen LogP contribution is 2.26. The van der Waals surface area contributed by atoms with E-state index in [-0.39, 0.29) is 0 Å². The average Bonchev–Trinajstić information content (AvgIpc) is 2.53. The van der Waals surface area contributed by atoms with E-state index in [4.69, 9.17) is 0 Å². The Bertz CT molecular complexity index is 556. The fourth-order valence-electron chi connectivity index (χ4n) is 3.28. The Morgan fingerprint density at radius 2 is 1.95 bits per heavy atom. The van der Waals surface area contributed by atoms with Gasteiger partial charge in [0.25, 0.3) is 0 Å². The highest BCUT2D eigenvalue weighted by atomic mass is 14.9. The van der Waals surface area contributed by atoms with Gasteiger partial charge >= 0.3 is 0 Å². The molecular formula is C18H24N2. The number of benzene rings is 1. The van der Waals surface area contributed by atoms with E-state index in [0.717, 1.165) is 12.5 Å². The first-order valence-corrected chi connectivity index (χ1v) is 7.91. The van der Waals surface area contributed by atoms with Gasteiger partial charge in [-0.2, -0.15) is 0 Å². The molecule has 20 heavy (non-hydrogen) atoms. The zero-order valence-corrected chi connectivity index (χ0v) is 12.3. The quantitative estimate of drug-likeness (QED) is 0.894. The predicted molar refractivity (Wildman–Crippen MR) is 84.6 cm³/mol. The minimum absolute atomic E-state index is 0.714. The molecule has 0 aliphatic heterocycles. The van der Waals surface area contributed by atoms with Crippen LogP contribution in [0.25, 0.3) is 10.8 Å². The van der Waals surface area contributed by atoms with Gasteiger partial charge in [-0.25, -0.2) is 0 Å². The molecule has 2 heteroatoms. The van der Waals surface area contributed by atoms with Crippen molar-refractivity contribution in [1.82, 2.24) is 10.3 Å². The molecule has 0 atom stereocenters. The van der Waals surface area contributed by atoms with Crippen molar-refractivity contribution in [3.05, 3.63) is 42.2 Å². The van der Waals surface area contributed by atoms with Gasteiger partial charge in [-0.05, 0) is 54.7 Å². The maximum Gasteiger partial charge on any atom is 0.0346 e. The second-order valence-electron chi connectivity index (χ2n) is 6.06. The fourth-order valence-corrected chi connectivity index (χ4v) is 3.28. The lowest BCUT2D eigenvalue weighted by atomic mass is 9.84. The summed E-state index contributed by atoms with van der Waals surface area (Å²) >= 11 is 0. The molecule has 1 aromatic carbocycles. The van der Waals surface area contributed by atoms with E-state index in [1.165, 1.54) is 48.4 Å². The van der Waals surface area contributed by atoms with Gasteiger partial charge < -0.3 is 5.32 Å². The number of nitrogens with zero attached hydrogens (tertiary/aromatic N) is 1. The summed E-state index contributed by atoms with van der Waals surface area (Å²) in [6, 6.07) is 9.47. The minimum Gasteiger partial charge on any atom is -0.310 e. The van der Waals surface area contributed by atoms with Crippen molar-refractivity contribution in [2.75, 3.05) is 0 Å². The number of hydrogen-bond donors (Lipinski definition) is 1. The van der Waals surface area contributed by atoms with Gasteiger partial charge in [-0.1, -0.05) is 25.5 Å². The average molecular weight is 268 g/mol. The molecule has 1 saturated carbocycles. The first-order valence-electron chi connectivity index (χ1n) is 7.91. The van der Waals surface area contributed by atoms with Gasteiger partial charge in [0.05, 0.1) is 0 Å². The van der Waals surface area contributed by atoms with Gasteiger partial charge in [-0.3, -0.25) is 4.98 Å². The molecule has 2 nitrogen and oxygen atoms in total. The number of hydrogen-bond acceptors (Lipinski definition) is 2. The number of pyridine rings is 1. The van der Waals surface area contributed by atoms with Crippen LogP contribution in [-0.4, -0.2) is 11.0 Å². The van der Waals surface area contributed by atoms with Crippen LogP contribution in [-0.2, 0) is 6.54 Å². The van der Waals surface area contributed by atoms with Crippen molar-refractivity contribution in [3.8, 4) is 0 Å². The van der Waals surface area contributed by atoms with Crippen LogP contribution in [0.3, 0.4) is 0 Å². The van der Waals surface area contributed by atoms with Gasteiger partial charge in [-0.15, -0.1) is 0 Å². The maximum absolute atomic E-state index is 4.16. The summed E-state index contributed by atoms with van der Waals surface area (Å²) < 4.78 is 0. The summed E-state index contributed by atoms with van der Waals surface area (Å²) in [5, 5.41) is 6.24. The molecule has 1 N–H and O–H groups in total. The summed E-state index contributed by atoms with van der Waals surface area (Å²) in [4.78, 5) is 4.16. The number of fused-ring (bicyclic) bond motifs is 1. The molecule has 0 unspecified atom stereocenters. The van der Waals surface area contributed by atoms with E-state index in [2.05, 4.69) is 41.5 Å². The minimum atomic E-state index is 0.714. The second kappa shape index (κ2) is 6.36. The Balaban J connectivity index is 1.57. The Kier molecular flexibility index (Phi) is 4.31. The molecule has 0 radical (unpaired) electrons. The molecule has 1 heterocycles. The molecule has 0 saturated heterocycles. The van der Waals surface area contributed by atoms with Crippen LogP contribution < -0.4 is 5.32 Å². The summed E-state index contributed by atoms with van der Waals surface area (Å²) in [5.41, 5.74) is 1.38. The molecular weight excluding hydrogens is 244 g/mol. The highest BCUT2D eigenvalue weighted by molar-refractivity contribution is 5.81. The third-order valence-corrected chi connectivity index (χ3v) is 4.72. The van der Waals surface area contributed by atoms with Crippen molar-refractivity contribution in [2.45, 2.75) is 51.6 Å². The third kappa shape index (κ3) is 3.18.